The largest absolute Gasteiger partial charge is 0.395 e. The molecule has 1 amide bonds. The van der Waals surface area contributed by atoms with Crippen molar-refractivity contribution in [1.29, 1.82) is 0 Å². The molecule has 3 heterocycles. The third kappa shape index (κ3) is 3.82. The van der Waals surface area contributed by atoms with E-state index in [-0.39, 0.29) is 18.4 Å². The monoisotopic (exact) mass is 381 g/mol. The molecule has 0 spiro atoms. The molecule has 5 nitrogen and oxygen atoms in total. The normalized spacial score (nSPS) is 15.2. The van der Waals surface area contributed by atoms with Crippen LogP contribution in [0.4, 0.5) is 5.69 Å². The second-order valence-corrected chi connectivity index (χ2v) is 7.72. The molecule has 0 unspecified atom stereocenters. The van der Waals surface area contributed by atoms with Crippen LogP contribution in [0.1, 0.15) is 12.8 Å². The standard InChI is InChI=1S/C21H23N3O2S/c25-12-9-22-21(26)16-6-10-24(11-7-16)19-14-18(15-4-2-1-3-5-15)23-17-8-13-27-20(17)19/h1-5,8,13-14,16,25H,6-7,9-12H2,(H,22,26). The van der Waals surface area contributed by atoms with Crippen LogP contribution in [-0.2, 0) is 4.79 Å². The number of fused-ring (bicyclic) bond motifs is 1. The molecule has 0 bridgehead atoms. The summed E-state index contributed by atoms with van der Waals surface area (Å²) in [5.41, 5.74) is 4.34. The number of thiophene rings is 1. The third-order valence-electron chi connectivity index (χ3n) is 5.08. The van der Waals surface area contributed by atoms with Crippen LogP contribution < -0.4 is 10.2 Å². The van der Waals surface area contributed by atoms with Crippen LogP contribution in [0.2, 0.25) is 0 Å². The Kier molecular flexibility index (Phi) is 5.36. The summed E-state index contributed by atoms with van der Waals surface area (Å²) >= 11 is 1.72. The van der Waals surface area contributed by atoms with Crippen molar-refractivity contribution in [3.8, 4) is 11.3 Å². The summed E-state index contributed by atoms with van der Waals surface area (Å²) in [6, 6.07) is 14.5. The Labute approximate surface area is 162 Å². The minimum atomic E-state index is -0.0137. The van der Waals surface area contributed by atoms with Crippen LogP contribution >= 0.6 is 11.3 Å². The maximum atomic E-state index is 12.2. The molecule has 0 radical (unpaired) electrons. The number of nitrogens with zero attached hydrogens (tertiary/aromatic N) is 2. The number of carbonyl (C=O) groups excluding carboxylic acids is 1. The number of aromatic nitrogens is 1. The van der Waals surface area contributed by atoms with Gasteiger partial charge in [-0.2, -0.15) is 0 Å². The highest BCUT2D eigenvalue weighted by atomic mass is 32.1. The fourth-order valence-electron chi connectivity index (χ4n) is 3.64. The van der Waals surface area contributed by atoms with Gasteiger partial charge in [0.05, 0.1) is 28.2 Å². The van der Waals surface area contributed by atoms with E-state index in [4.69, 9.17) is 10.1 Å². The van der Waals surface area contributed by atoms with Gasteiger partial charge in [0.2, 0.25) is 5.91 Å². The Balaban J connectivity index is 1.57. The number of aliphatic hydroxyl groups is 1. The maximum Gasteiger partial charge on any atom is 0.223 e. The van der Waals surface area contributed by atoms with Crippen molar-refractivity contribution in [2.45, 2.75) is 12.8 Å². The summed E-state index contributed by atoms with van der Waals surface area (Å²) in [7, 11) is 0. The molecular weight excluding hydrogens is 358 g/mol. The summed E-state index contributed by atoms with van der Waals surface area (Å²) < 4.78 is 1.21. The second-order valence-electron chi connectivity index (χ2n) is 6.80. The number of anilines is 1. The summed E-state index contributed by atoms with van der Waals surface area (Å²) in [6.45, 7) is 2.02. The van der Waals surface area contributed by atoms with Crippen LogP contribution in [0.3, 0.4) is 0 Å². The fraction of sp³-hybridized carbons (Fsp3) is 0.333. The Morgan fingerprint density at radius 1 is 1.22 bits per heavy atom. The van der Waals surface area contributed by atoms with Gasteiger partial charge >= 0.3 is 0 Å². The first kappa shape index (κ1) is 17.9. The zero-order valence-electron chi connectivity index (χ0n) is 15.1. The maximum absolute atomic E-state index is 12.2. The molecule has 6 heteroatoms. The van der Waals surface area contributed by atoms with Gasteiger partial charge in [0.15, 0.2) is 0 Å². The quantitative estimate of drug-likeness (QED) is 0.712. The van der Waals surface area contributed by atoms with Crippen molar-refractivity contribution < 1.29 is 9.90 Å². The zero-order valence-corrected chi connectivity index (χ0v) is 15.9. The zero-order chi connectivity index (χ0) is 18.6. The smallest absolute Gasteiger partial charge is 0.223 e. The number of nitrogens with one attached hydrogen (secondary N) is 1. The molecule has 2 aromatic heterocycles. The van der Waals surface area contributed by atoms with Gasteiger partial charge in [-0.1, -0.05) is 30.3 Å². The minimum Gasteiger partial charge on any atom is -0.395 e. The first-order valence-corrected chi connectivity index (χ1v) is 10.2. The lowest BCUT2D eigenvalue weighted by Crippen LogP contribution is -2.41. The molecule has 4 rings (SSSR count). The second kappa shape index (κ2) is 8.06. The van der Waals surface area contributed by atoms with Crippen LogP contribution in [0.5, 0.6) is 0 Å². The number of benzene rings is 1. The number of pyridine rings is 1. The van der Waals surface area contributed by atoms with Gasteiger partial charge in [0.1, 0.15) is 0 Å². The average molecular weight is 382 g/mol. The van der Waals surface area contributed by atoms with Gasteiger partial charge in [0.25, 0.3) is 0 Å². The van der Waals surface area contributed by atoms with Crippen molar-refractivity contribution in [2.75, 3.05) is 31.1 Å². The third-order valence-corrected chi connectivity index (χ3v) is 6.00. The average Bonchev–Trinajstić information content (AvgIpc) is 3.21. The summed E-state index contributed by atoms with van der Waals surface area (Å²) in [4.78, 5) is 19.4. The lowest BCUT2D eigenvalue weighted by Gasteiger charge is -2.33. The molecule has 0 aliphatic carbocycles. The lowest BCUT2D eigenvalue weighted by atomic mass is 9.95. The lowest BCUT2D eigenvalue weighted by molar-refractivity contribution is -0.125. The first-order valence-electron chi connectivity index (χ1n) is 9.33. The van der Waals surface area contributed by atoms with Crippen molar-refractivity contribution >= 4 is 33.1 Å². The van der Waals surface area contributed by atoms with Crippen LogP contribution in [0.25, 0.3) is 21.5 Å². The summed E-state index contributed by atoms with van der Waals surface area (Å²) in [6.07, 6.45) is 1.65. The number of aliphatic hydroxyl groups excluding tert-OH is 1. The van der Waals surface area contributed by atoms with Crippen molar-refractivity contribution in [3.05, 3.63) is 47.8 Å². The van der Waals surface area contributed by atoms with Crippen LogP contribution in [-0.4, -0.2) is 42.2 Å². The van der Waals surface area contributed by atoms with Gasteiger partial charge < -0.3 is 15.3 Å². The predicted molar refractivity (Wildman–Crippen MR) is 110 cm³/mol. The summed E-state index contributed by atoms with van der Waals surface area (Å²) in [5.74, 6) is 0.0896. The molecule has 1 aliphatic rings. The van der Waals surface area contributed by atoms with E-state index in [1.54, 1.807) is 11.3 Å². The molecule has 140 valence electrons. The predicted octanol–water partition coefficient (Wildman–Crippen LogP) is 3.29. The molecule has 3 aromatic rings. The molecule has 27 heavy (non-hydrogen) atoms. The van der Waals surface area contributed by atoms with Crippen molar-refractivity contribution in [1.82, 2.24) is 10.3 Å². The minimum absolute atomic E-state index is 0.0137. The number of hydrogen-bond acceptors (Lipinski definition) is 5. The Hall–Kier alpha value is -2.44. The highest BCUT2D eigenvalue weighted by molar-refractivity contribution is 7.17. The van der Waals surface area contributed by atoms with Crippen LogP contribution in [0.15, 0.2) is 47.8 Å². The van der Waals surface area contributed by atoms with Gasteiger partial charge in [-0.05, 0) is 30.4 Å². The van der Waals surface area contributed by atoms with Gasteiger partial charge in [0, 0.05) is 31.1 Å². The number of carbonyl (C=O) groups is 1. The van der Waals surface area contributed by atoms with E-state index in [0.29, 0.717) is 6.54 Å². The van der Waals surface area contributed by atoms with E-state index >= 15 is 0 Å². The first-order chi connectivity index (χ1) is 13.3. The van der Waals surface area contributed by atoms with Gasteiger partial charge in [-0.15, -0.1) is 11.3 Å². The van der Waals surface area contributed by atoms with E-state index in [1.807, 2.05) is 18.2 Å². The molecule has 0 atom stereocenters. The topological polar surface area (TPSA) is 65.5 Å². The van der Waals surface area contributed by atoms with E-state index in [1.165, 1.54) is 10.4 Å². The van der Waals surface area contributed by atoms with Crippen molar-refractivity contribution in [3.63, 3.8) is 0 Å². The Morgan fingerprint density at radius 2 is 2.00 bits per heavy atom. The number of rotatable bonds is 5. The van der Waals surface area contributed by atoms with Crippen LogP contribution in [0, 0.1) is 5.92 Å². The number of hydrogen-bond donors (Lipinski definition) is 2. The van der Waals surface area contributed by atoms with Gasteiger partial charge in [-0.25, -0.2) is 4.98 Å². The number of piperidine rings is 1. The van der Waals surface area contributed by atoms with Crippen molar-refractivity contribution in [2.24, 2.45) is 5.92 Å². The molecule has 1 fully saturated rings. The fourth-order valence-corrected chi connectivity index (χ4v) is 4.51. The van der Waals surface area contributed by atoms with Gasteiger partial charge in [-0.3, -0.25) is 4.79 Å². The molecule has 1 aromatic carbocycles. The SMILES string of the molecule is O=C(NCCO)C1CCN(c2cc(-c3ccccc3)nc3ccsc23)CC1. The molecule has 1 aliphatic heterocycles. The van der Waals surface area contributed by atoms with E-state index in [9.17, 15) is 4.79 Å². The highest BCUT2D eigenvalue weighted by Gasteiger charge is 2.26. The van der Waals surface area contributed by atoms with E-state index in [2.05, 4.69) is 39.9 Å². The summed E-state index contributed by atoms with van der Waals surface area (Å²) in [5, 5.41) is 13.8. The molecule has 2 N–H and O–H groups in total. The molecule has 0 saturated carbocycles. The molecular formula is C21H23N3O2S. The Morgan fingerprint density at radius 3 is 2.74 bits per heavy atom. The number of amides is 1. The van der Waals surface area contributed by atoms with E-state index < -0.39 is 0 Å². The molecule has 1 saturated heterocycles. The highest BCUT2D eigenvalue weighted by Crippen LogP contribution is 2.36. The van der Waals surface area contributed by atoms with E-state index in [0.717, 1.165) is 42.7 Å². The Bertz CT molecular complexity index is 918.